The predicted molar refractivity (Wildman–Crippen MR) is 87.3 cm³/mol. The van der Waals surface area contributed by atoms with Gasteiger partial charge in [-0.1, -0.05) is 51.1 Å². The van der Waals surface area contributed by atoms with Crippen molar-refractivity contribution in [2.24, 2.45) is 0 Å². The normalized spacial score (nSPS) is 19.6. The Morgan fingerprint density at radius 3 is 2.57 bits per heavy atom. The molecule has 0 aromatic heterocycles. The first-order valence-corrected chi connectivity index (χ1v) is 9.59. The van der Waals surface area contributed by atoms with Crippen molar-refractivity contribution in [3.05, 3.63) is 35.9 Å². The van der Waals surface area contributed by atoms with E-state index in [0.717, 1.165) is 6.42 Å². The Morgan fingerprint density at radius 2 is 1.95 bits per heavy atom. The van der Waals surface area contributed by atoms with E-state index in [-0.39, 0.29) is 17.0 Å². The van der Waals surface area contributed by atoms with E-state index in [1.54, 1.807) is 0 Å². The lowest BCUT2D eigenvalue weighted by Crippen LogP contribution is -2.38. The van der Waals surface area contributed by atoms with Crippen molar-refractivity contribution < 1.29 is 9.22 Å². The molecule has 1 aliphatic rings. The molecule has 0 bridgehead atoms. The lowest BCUT2D eigenvalue weighted by molar-refractivity contribution is -0.129. The molecule has 0 aliphatic carbocycles. The highest BCUT2D eigenvalue weighted by atomic mass is 28.3. The highest BCUT2D eigenvalue weighted by molar-refractivity contribution is 6.53. The van der Waals surface area contributed by atoms with Gasteiger partial charge in [-0.2, -0.15) is 0 Å². The molecule has 4 heteroatoms. The summed E-state index contributed by atoms with van der Waals surface area (Å²) >= 11 is 0. The van der Waals surface area contributed by atoms with E-state index in [2.05, 4.69) is 39.5 Å². The fourth-order valence-electron chi connectivity index (χ4n) is 2.40. The van der Waals surface area contributed by atoms with Crippen molar-refractivity contribution in [2.75, 3.05) is 6.61 Å². The van der Waals surface area contributed by atoms with Gasteiger partial charge in [0.1, 0.15) is 0 Å². The first-order valence-electron chi connectivity index (χ1n) is 7.68. The molecule has 3 nitrogen and oxygen atoms in total. The summed E-state index contributed by atoms with van der Waals surface area (Å²) in [5, 5.41) is 0.234. The van der Waals surface area contributed by atoms with E-state index >= 15 is 0 Å². The van der Waals surface area contributed by atoms with Crippen LogP contribution in [0, 0.1) is 0 Å². The Balaban J connectivity index is 1.94. The zero-order valence-electron chi connectivity index (χ0n) is 13.6. The fourth-order valence-corrected chi connectivity index (χ4v) is 3.28. The summed E-state index contributed by atoms with van der Waals surface area (Å²) in [7, 11) is -0.843. The van der Waals surface area contributed by atoms with Crippen molar-refractivity contribution in [3.8, 4) is 0 Å². The standard InChI is InChI=1S/C17H26NO2Si/c1-17(2,3)21(4)20-13-15-10-11-16(19)18(15)12-14-8-6-5-7-9-14/h5-9,15H,10-13H2,1-4H3/t15-/m0/s1. The second-order valence-electron chi connectivity index (χ2n) is 6.82. The molecule has 0 saturated carbocycles. The average Bonchev–Trinajstić information content (AvgIpc) is 2.77. The van der Waals surface area contributed by atoms with Gasteiger partial charge in [-0.15, -0.1) is 0 Å². The number of amides is 1. The van der Waals surface area contributed by atoms with Gasteiger partial charge in [0.2, 0.25) is 14.9 Å². The monoisotopic (exact) mass is 304 g/mol. The van der Waals surface area contributed by atoms with Crippen LogP contribution in [0.25, 0.3) is 0 Å². The second-order valence-corrected chi connectivity index (χ2v) is 9.72. The molecule has 0 spiro atoms. The minimum atomic E-state index is -0.843. The summed E-state index contributed by atoms with van der Waals surface area (Å²) in [5.74, 6) is 0.257. The Bertz CT molecular complexity index is 469. The van der Waals surface area contributed by atoms with Crippen molar-refractivity contribution in [2.45, 2.75) is 57.8 Å². The van der Waals surface area contributed by atoms with Crippen molar-refractivity contribution in [1.29, 1.82) is 0 Å². The van der Waals surface area contributed by atoms with Gasteiger partial charge in [0.05, 0.1) is 12.6 Å². The van der Waals surface area contributed by atoms with Crippen LogP contribution < -0.4 is 0 Å². The molecule has 2 rings (SSSR count). The average molecular weight is 304 g/mol. The summed E-state index contributed by atoms with van der Waals surface area (Å²) in [4.78, 5) is 14.1. The van der Waals surface area contributed by atoms with Crippen LogP contribution in [0.2, 0.25) is 11.6 Å². The summed E-state index contributed by atoms with van der Waals surface area (Å²) in [6.07, 6.45) is 1.58. The largest absolute Gasteiger partial charge is 0.414 e. The van der Waals surface area contributed by atoms with Crippen LogP contribution in [0.5, 0.6) is 0 Å². The van der Waals surface area contributed by atoms with E-state index in [9.17, 15) is 4.79 Å². The number of nitrogens with zero attached hydrogens (tertiary/aromatic N) is 1. The first-order chi connectivity index (χ1) is 9.88. The van der Waals surface area contributed by atoms with Crippen LogP contribution in [0.1, 0.15) is 39.2 Å². The Hall–Kier alpha value is -1.13. The lowest BCUT2D eigenvalue weighted by atomic mass is 10.2. The first kappa shape index (κ1) is 16.2. The summed E-state index contributed by atoms with van der Waals surface area (Å²) in [6.45, 7) is 10.3. The zero-order valence-corrected chi connectivity index (χ0v) is 14.6. The molecule has 1 aliphatic heterocycles. The lowest BCUT2D eigenvalue weighted by Gasteiger charge is -2.29. The number of hydrogen-bond acceptors (Lipinski definition) is 2. The number of rotatable bonds is 5. The van der Waals surface area contributed by atoms with Gasteiger partial charge in [0.25, 0.3) is 0 Å². The third kappa shape index (κ3) is 4.42. The molecule has 1 atom stereocenters. The van der Waals surface area contributed by atoms with Crippen molar-refractivity contribution in [3.63, 3.8) is 0 Å². The maximum absolute atomic E-state index is 12.1. The molecule has 1 fully saturated rings. The van der Waals surface area contributed by atoms with Crippen LogP contribution >= 0.6 is 0 Å². The maximum Gasteiger partial charge on any atom is 0.223 e. The number of likely N-dealkylation sites (tertiary alicyclic amines) is 1. The topological polar surface area (TPSA) is 29.5 Å². The van der Waals surface area contributed by atoms with E-state index in [0.29, 0.717) is 19.6 Å². The third-order valence-corrected chi connectivity index (χ3v) is 6.91. The molecule has 1 radical (unpaired) electrons. The van der Waals surface area contributed by atoms with E-state index in [4.69, 9.17) is 4.43 Å². The van der Waals surface area contributed by atoms with Gasteiger partial charge < -0.3 is 9.33 Å². The zero-order chi connectivity index (χ0) is 15.5. The number of benzene rings is 1. The number of hydrogen-bond donors (Lipinski definition) is 0. The number of carbonyl (C=O) groups excluding carboxylic acids is 1. The van der Waals surface area contributed by atoms with E-state index < -0.39 is 9.04 Å². The van der Waals surface area contributed by atoms with Gasteiger partial charge in [-0.3, -0.25) is 4.79 Å². The Morgan fingerprint density at radius 1 is 1.29 bits per heavy atom. The molecule has 1 aromatic rings. The van der Waals surface area contributed by atoms with Gasteiger partial charge in [0, 0.05) is 13.0 Å². The van der Waals surface area contributed by atoms with E-state index in [1.165, 1.54) is 5.56 Å². The summed E-state index contributed by atoms with van der Waals surface area (Å²) in [6, 6.07) is 10.4. The molecule has 1 amide bonds. The van der Waals surface area contributed by atoms with Crippen molar-refractivity contribution in [1.82, 2.24) is 4.90 Å². The summed E-state index contributed by atoms with van der Waals surface area (Å²) in [5.41, 5.74) is 1.19. The minimum Gasteiger partial charge on any atom is -0.414 e. The number of carbonyl (C=O) groups is 1. The SMILES string of the molecule is C[Si](OC[C@@H]1CCC(=O)N1Cc1ccccc1)C(C)(C)C. The molecule has 115 valence electrons. The van der Waals surface area contributed by atoms with Crippen LogP contribution in [-0.4, -0.2) is 32.5 Å². The molecule has 1 saturated heterocycles. The van der Waals surface area contributed by atoms with Crippen LogP contribution in [0.4, 0.5) is 0 Å². The maximum atomic E-state index is 12.1. The van der Waals surface area contributed by atoms with Crippen LogP contribution in [0.15, 0.2) is 30.3 Å². The van der Waals surface area contributed by atoms with Crippen LogP contribution in [-0.2, 0) is 15.8 Å². The smallest absolute Gasteiger partial charge is 0.223 e. The second kappa shape index (κ2) is 6.75. The minimum absolute atomic E-state index is 0.234. The van der Waals surface area contributed by atoms with Gasteiger partial charge in [-0.25, -0.2) is 0 Å². The van der Waals surface area contributed by atoms with Crippen molar-refractivity contribution >= 4 is 14.9 Å². The predicted octanol–water partition coefficient (Wildman–Crippen LogP) is 3.62. The quantitative estimate of drug-likeness (QED) is 0.778. The third-order valence-electron chi connectivity index (χ3n) is 4.20. The molecule has 21 heavy (non-hydrogen) atoms. The van der Waals surface area contributed by atoms with Gasteiger partial charge >= 0.3 is 0 Å². The fraction of sp³-hybridized carbons (Fsp3) is 0.588. The highest BCUT2D eigenvalue weighted by Crippen LogP contribution is 2.28. The summed E-state index contributed by atoms with van der Waals surface area (Å²) < 4.78 is 6.11. The highest BCUT2D eigenvalue weighted by Gasteiger charge is 2.33. The van der Waals surface area contributed by atoms with Gasteiger partial charge in [0.15, 0.2) is 0 Å². The van der Waals surface area contributed by atoms with E-state index in [1.807, 2.05) is 23.1 Å². The molecule has 1 heterocycles. The Kier molecular flexibility index (Phi) is 5.22. The van der Waals surface area contributed by atoms with Gasteiger partial charge in [-0.05, 0) is 23.6 Å². The molecular formula is C17H26NO2Si. The van der Waals surface area contributed by atoms with Crippen LogP contribution in [0.3, 0.4) is 0 Å². The molecular weight excluding hydrogens is 278 g/mol. The Labute approximate surface area is 130 Å². The molecule has 0 N–H and O–H groups in total. The molecule has 0 unspecified atom stereocenters. The molecule has 1 aromatic carbocycles.